The number of aliphatic hydroxyl groups excluding tert-OH is 1. The SMILES string of the molecule is O=C(NCc1cccs1)N1CCN(C[C@H](O)c2cccs2)CC1. The molecule has 0 aliphatic carbocycles. The van der Waals surface area contributed by atoms with E-state index in [9.17, 15) is 9.90 Å². The first kappa shape index (κ1) is 16.4. The van der Waals surface area contributed by atoms with E-state index in [4.69, 9.17) is 0 Å². The molecular weight excluding hydrogens is 330 g/mol. The third-order valence-electron chi connectivity index (χ3n) is 3.96. The van der Waals surface area contributed by atoms with Crippen molar-refractivity contribution >= 4 is 28.7 Å². The molecule has 0 bridgehead atoms. The highest BCUT2D eigenvalue weighted by atomic mass is 32.1. The second-order valence-corrected chi connectivity index (χ2v) is 7.57. The van der Waals surface area contributed by atoms with Crippen LogP contribution in [0.2, 0.25) is 0 Å². The standard InChI is InChI=1S/C16H21N3O2S2/c20-14(15-4-2-10-23-15)12-18-5-7-19(8-6-18)16(21)17-11-13-3-1-9-22-13/h1-4,9-10,14,20H,5-8,11-12H2,(H,17,21)/t14-/m0/s1. The molecule has 2 aromatic rings. The number of rotatable bonds is 5. The second kappa shape index (κ2) is 7.92. The summed E-state index contributed by atoms with van der Waals surface area (Å²) in [6.45, 7) is 4.23. The van der Waals surface area contributed by atoms with Gasteiger partial charge in [-0.3, -0.25) is 4.90 Å². The normalized spacial score (nSPS) is 17.2. The third-order valence-corrected chi connectivity index (χ3v) is 5.81. The van der Waals surface area contributed by atoms with Crippen LogP contribution < -0.4 is 5.32 Å². The Bertz CT molecular complexity index is 593. The number of piperazine rings is 1. The van der Waals surface area contributed by atoms with Crippen molar-refractivity contribution in [3.8, 4) is 0 Å². The third kappa shape index (κ3) is 4.54. The van der Waals surface area contributed by atoms with Gasteiger partial charge < -0.3 is 15.3 Å². The van der Waals surface area contributed by atoms with E-state index >= 15 is 0 Å². The van der Waals surface area contributed by atoms with E-state index in [0.717, 1.165) is 22.8 Å². The van der Waals surface area contributed by atoms with Crippen molar-refractivity contribution in [3.05, 3.63) is 44.8 Å². The predicted octanol–water partition coefficient (Wildman–Crippen LogP) is 2.37. The van der Waals surface area contributed by atoms with Gasteiger partial charge in [-0.15, -0.1) is 22.7 Å². The van der Waals surface area contributed by atoms with Crippen LogP contribution in [-0.2, 0) is 6.54 Å². The zero-order valence-corrected chi connectivity index (χ0v) is 14.5. The van der Waals surface area contributed by atoms with Gasteiger partial charge >= 0.3 is 6.03 Å². The van der Waals surface area contributed by atoms with Crippen LogP contribution in [0.3, 0.4) is 0 Å². The Morgan fingerprint density at radius 2 is 1.91 bits per heavy atom. The number of aliphatic hydroxyl groups is 1. The molecular formula is C16H21N3O2S2. The molecule has 7 heteroatoms. The highest BCUT2D eigenvalue weighted by Gasteiger charge is 2.23. The Balaban J connectivity index is 1.40. The smallest absolute Gasteiger partial charge is 0.317 e. The molecule has 5 nitrogen and oxygen atoms in total. The minimum Gasteiger partial charge on any atom is -0.386 e. The van der Waals surface area contributed by atoms with E-state index in [-0.39, 0.29) is 6.03 Å². The van der Waals surface area contributed by atoms with Gasteiger partial charge in [0.15, 0.2) is 0 Å². The minimum absolute atomic E-state index is 0.00291. The van der Waals surface area contributed by atoms with Crippen molar-refractivity contribution < 1.29 is 9.90 Å². The molecule has 1 atom stereocenters. The van der Waals surface area contributed by atoms with Crippen LogP contribution in [0.15, 0.2) is 35.0 Å². The van der Waals surface area contributed by atoms with Crippen molar-refractivity contribution in [2.24, 2.45) is 0 Å². The number of nitrogens with zero attached hydrogens (tertiary/aromatic N) is 2. The van der Waals surface area contributed by atoms with Crippen molar-refractivity contribution in [3.63, 3.8) is 0 Å². The highest BCUT2D eigenvalue weighted by Crippen LogP contribution is 2.20. The summed E-state index contributed by atoms with van der Waals surface area (Å²) in [6, 6.07) is 7.93. The molecule has 0 spiro atoms. The van der Waals surface area contributed by atoms with Crippen LogP contribution in [0.4, 0.5) is 4.79 Å². The average Bonchev–Trinajstić information content (AvgIpc) is 3.26. The van der Waals surface area contributed by atoms with E-state index in [1.54, 1.807) is 22.7 Å². The minimum atomic E-state index is -0.436. The lowest BCUT2D eigenvalue weighted by atomic mass is 10.2. The van der Waals surface area contributed by atoms with Crippen molar-refractivity contribution in [2.75, 3.05) is 32.7 Å². The summed E-state index contributed by atoms with van der Waals surface area (Å²) in [5, 5.41) is 17.2. The molecule has 1 saturated heterocycles. The predicted molar refractivity (Wildman–Crippen MR) is 93.8 cm³/mol. The van der Waals surface area contributed by atoms with E-state index < -0.39 is 6.10 Å². The molecule has 1 aliphatic heterocycles. The molecule has 2 aromatic heterocycles. The number of amides is 2. The zero-order chi connectivity index (χ0) is 16.1. The molecule has 3 heterocycles. The van der Waals surface area contributed by atoms with Gasteiger partial charge in [0.25, 0.3) is 0 Å². The fourth-order valence-electron chi connectivity index (χ4n) is 2.64. The van der Waals surface area contributed by atoms with Crippen molar-refractivity contribution in [1.82, 2.24) is 15.1 Å². The van der Waals surface area contributed by atoms with Gasteiger partial charge in [0, 0.05) is 42.5 Å². The summed E-state index contributed by atoms with van der Waals surface area (Å²) in [6.07, 6.45) is -0.436. The Morgan fingerprint density at radius 3 is 2.57 bits per heavy atom. The van der Waals surface area contributed by atoms with Crippen LogP contribution >= 0.6 is 22.7 Å². The fourth-order valence-corrected chi connectivity index (χ4v) is 3.98. The summed E-state index contributed by atoms with van der Waals surface area (Å²) >= 11 is 3.23. The second-order valence-electron chi connectivity index (χ2n) is 5.56. The summed E-state index contributed by atoms with van der Waals surface area (Å²) in [5.41, 5.74) is 0. The largest absolute Gasteiger partial charge is 0.386 e. The summed E-state index contributed by atoms with van der Waals surface area (Å²) in [5.74, 6) is 0. The molecule has 0 radical (unpaired) electrons. The van der Waals surface area contributed by atoms with Crippen LogP contribution in [0.25, 0.3) is 0 Å². The molecule has 0 unspecified atom stereocenters. The van der Waals surface area contributed by atoms with Gasteiger partial charge in [-0.05, 0) is 22.9 Å². The molecule has 1 aliphatic rings. The maximum Gasteiger partial charge on any atom is 0.317 e. The summed E-state index contributed by atoms with van der Waals surface area (Å²) in [4.78, 5) is 18.4. The van der Waals surface area contributed by atoms with Crippen molar-refractivity contribution in [1.29, 1.82) is 0 Å². The summed E-state index contributed by atoms with van der Waals surface area (Å²) < 4.78 is 0. The molecule has 2 N–H and O–H groups in total. The van der Waals surface area contributed by atoms with Gasteiger partial charge in [-0.1, -0.05) is 12.1 Å². The number of thiophene rings is 2. The average molecular weight is 351 g/mol. The number of carbonyl (C=O) groups excluding carboxylic acids is 1. The molecule has 1 fully saturated rings. The fraction of sp³-hybridized carbons (Fsp3) is 0.438. The first-order valence-electron chi connectivity index (χ1n) is 7.71. The zero-order valence-electron chi connectivity index (χ0n) is 12.9. The van der Waals surface area contributed by atoms with Crippen molar-refractivity contribution in [2.45, 2.75) is 12.6 Å². The van der Waals surface area contributed by atoms with Gasteiger partial charge in [-0.2, -0.15) is 0 Å². The Kier molecular flexibility index (Phi) is 5.66. The quantitative estimate of drug-likeness (QED) is 0.870. The number of β-amino-alcohol motifs (C(OH)–C–C–N with tert-alkyl or cyclic N) is 1. The van der Waals surface area contributed by atoms with E-state index in [1.165, 1.54) is 0 Å². The lowest BCUT2D eigenvalue weighted by molar-refractivity contribution is 0.0826. The van der Waals surface area contributed by atoms with Gasteiger partial charge in [-0.25, -0.2) is 4.79 Å². The Labute approximate surface area is 144 Å². The first-order chi connectivity index (χ1) is 11.2. The maximum atomic E-state index is 12.2. The molecule has 3 rings (SSSR count). The highest BCUT2D eigenvalue weighted by molar-refractivity contribution is 7.10. The molecule has 0 saturated carbocycles. The van der Waals surface area contributed by atoms with Crippen LogP contribution in [0.5, 0.6) is 0 Å². The van der Waals surface area contributed by atoms with E-state index in [1.807, 2.05) is 39.9 Å². The van der Waals surface area contributed by atoms with Gasteiger partial charge in [0.05, 0.1) is 6.54 Å². The lowest BCUT2D eigenvalue weighted by Crippen LogP contribution is -2.52. The van der Waals surface area contributed by atoms with Crippen LogP contribution in [0, 0.1) is 0 Å². The van der Waals surface area contributed by atoms with Crippen LogP contribution in [-0.4, -0.2) is 53.7 Å². The number of hydrogen-bond acceptors (Lipinski definition) is 5. The molecule has 0 aromatic carbocycles. The van der Waals surface area contributed by atoms with Gasteiger partial charge in [0.2, 0.25) is 0 Å². The number of nitrogens with one attached hydrogen (secondary N) is 1. The maximum absolute atomic E-state index is 12.2. The van der Waals surface area contributed by atoms with Crippen LogP contribution in [0.1, 0.15) is 15.9 Å². The monoisotopic (exact) mass is 351 g/mol. The molecule has 124 valence electrons. The lowest BCUT2D eigenvalue weighted by Gasteiger charge is -2.35. The number of hydrogen-bond donors (Lipinski definition) is 2. The summed E-state index contributed by atoms with van der Waals surface area (Å²) in [7, 11) is 0. The number of carbonyl (C=O) groups is 1. The van der Waals surface area contributed by atoms with E-state index in [0.29, 0.717) is 26.2 Å². The Hall–Kier alpha value is -1.41. The topological polar surface area (TPSA) is 55.8 Å². The van der Waals surface area contributed by atoms with E-state index in [2.05, 4.69) is 10.2 Å². The molecule has 23 heavy (non-hydrogen) atoms. The number of urea groups is 1. The van der Waals surface area contributed by atoms with Gasteiger partial charge in [0.1, 0.15) is 6.10 Å². The Morgan fingerprint density at radius 1 is 1.17 bits per heavy atom. The first-order valence-corrected chi connectivity index (χ1v) is 9.47. The molecule has 2 amide bonds.